The van der Waals surface area contributed by atoms with Gasteiger partial charge in [0.25, 0.3) is 0 Å². The average Bonchev–Trinajstić information content (AvgIpc) is 2.65. The Hall–Kier alpha value is -1.59. The van der Waals surface area contributed by atoms with Crippen molar-refractivity contribution in [3.05, 3.63) is 23.8 Å². The van der Waals surface area contributed by atoms with E-state index < -0.39 is 6.10 Å². The van der Waals surface area contributed by atoms with E-state index in [1.807, 2.05) is 18.2 Å². The summed E-state index contributed by atoms with van der Waals surface area (Å²) in [5.74, 6) is 0.00235. The van der Waals surface area contributed by atoms with Crippen LogP contribution >= 0.6 is 0 Å². The first kappa shape index (κ1) is 10.9. The van der Waals surface area contributed by atoms with Gasteiger partial charge in [0.1, 0.15) is 0 Å². The van der Waals surface area contributed by atoms with Crippen molar-refractivity contribution in [2.24, 2.45) is 0 Å². The number of hydrogen-bond acceptors (Lipinski definition) is 4. The summed E-state index contributed by atoms with van der Waals surface area (Å²) in [6.45, 7) is 0.0225. The summed E-state index contributed by atoms with van der Waals surface area (Å²) in [6, 6.07) is 5.53. The van der Waals surface area contributed by atoms with Gasteiger partial charge in [0.05, 0.1) is 19.1 Å². The minimum atomic E-state index is -0.770. The van der Waals surface area contributed by atoms with Gasteiger partial charge in [-0.25, -0.2) is 0 Å². The number of carbonyl (C=O) groups excluding carboxylic acids is 1. The Morgan fingerprint density at radius 1 is 1.50 bits per heavy atom. The van der Waals surface area contributed by atoms with Gasteiger partial charge >= 0.3 is 0 Å². The standard InChI is InChI=1S/C11H14N2O3/c14-6-9(15)5-12-8-1-2-10-7(3-8)4-11(16)13-10/h1-3,9,12,14-15H,4-6H2,(H,13,16). The van der Waals surface area contributed by atoms with Crippen molar-refractivity contribution in [3.8, 4) is 0 Å². The molecule has 1 amide bonds. The molecule has 1 heterocycles. The van der Waals surface area contributed by atoms with Crippen molar-refractivity contribution < 1.29 is 15.0 Å². The molecule has 4 N–H and O–H groups in total. The number of aliphatic hydroxyl groups excluding tert-OH is 2. The number of amides is 1. The van der Waals surface area contributed by atoms with Gasteiger partial charge in [0.15, 0.2) is 0 Å². The first-order valence-corrected chi connectivity index (χ1v) is 5.14. The highest BCUT2D eigenvalue weighted by atomic mass is 16.3. The number of carbonyl (C=O) groups is 1. The number of rotatable bonds is 4. The van der Waals surface area contributed by atoms with Gasteiger partial charge < -0.3 is 20.8 Å². The fourth-order valence-corrected chi connectivity index (χ4v) is 1.64. The lowest BCUT2D eigenvalue weighted by Crippen LogP contribution is -2.22. The van der Waals surface area contributed by atoms with Gasteiger partial charge in [-0.05, 0) is 23.8 Å². The van der Waals surface area contributed by atoms with Crippen LogP contribution < -0.4 is 10.6 Å². The van der Waals surface area contributed by atoms with E-state index in [1.54, 1.807) is 0 Å². The molecule has 1 atom stereocenters. The molecule has 1 aliphatic heterocycles. The molecule has 0 fully saturated rings. The summed E-state index contributed by atoms with van der Waals surface area (Å²) in [7, 11) is 0. The van der Waals surface area contributed by atoms with E-state index in [0.717, 1.165) is 16.9 Å². The molecule has 5 nitrogen and oxygen atoms in total. The van der Waals surface area contributed by atoms with Gasteiger partial charge in [0.2, 0.25) is 5.91 Å². The number of anilines is 2. The lowest BCUT2D eigenvalue weighted by Gasteiger charge is -2.11. The summed E-state index contributed by atoms with van der Waals surface area (Å²) in [5, 5.41) is 23.6. The SMILES string of the molecule is O=C1Cc2cc(NCC(O)CO)ccc2N1. The molecule has 2 rings (SSSR count). The smallest absolute Gasteiger partial charge is 0.228 e. The molecule has 1 aromatic carbocycles. The maximum Gasteiger partial charge on any atom is 0.228 e. The number of nitrogens with one attached hydrogen (secondary N) is 2. The van der Waals surface area contributed by atoms with Gasteiger partial charge in [-0.15, -0.1) is 0 Å². The quantitative estimate of drug-likeness (QED) is 0.575. The van der Waals surface area contributed by atoms with Crippen LogP contribution in [0.5, 0.6) is 0 Å². The predicted octanol–water partition coefficient (Wildman–Crippen LogP) is -0.0537. The van der Waals surface area contributed by atoms with Crippen molar-refractivity contribution in [2.75, 3.05) is 23.8 Å². The lowest BCUT2D eigenvalue weighted by molar-refractivity contribution is -0.115. The first-order chi connectivity index (χ1) is 7.69. The molecule has 86 valence electrons. The van der Waals surface area contributed by atoms with Crippen LogP contribution in [0.4, 0.5) is 11.4 Å². The highest BCUT2D eigenvalue weighted by molar-refractivity contribution is 5.99. The maximum atomic E-state index is 11.1. The van der Waals surface area contributed by atoms with E-state index in [2.05, 4.69) is 10.6 Å². The lowest BCUT2D eigenvalue weighted by atomic mass is 10.1. The highest BCUT2D eigenvalue weighted by Crippen LogP contribution is 2.25. The summed E-state index contributed by atoms with van der Waals surface area (Å²) < 4.78 is 0. The molecule has 1 aromatic rings. The number of benzene rings is 1. The molecule has 0 aliphatic carbocycles. The first-order valence-electron chi connectivity index (χ1n) is 5.14. The molecule has 0 aromatic heterocycles. The molecule has 0 radical (unpaired) electrons. The Kier molecular flexibility index (Phi) is 3.07. The van der Waals surface area contributed by atoms with Gasteiger partial charge in [-0.1, -0.05) is 0 Å². The zero-order chi connectivity index (χ0) is 11.5. The number of fused-ring (bicyclic) bond motifs is 1. The minimum absolute atomic E-state index is 0.00235. The molecule has 1 aliphatic rings. The maximum absolute atomic E-state index is 11.1. The van der Waals surface area contributed by atoms with Crippen LogP contribution in [0.2, 0.25) is 0 Å². The molecule has 1 unspecified atom stereocenters. The third kappa shape index (κ3) is 2.32. The molecule has 0 spiro atoms. The van der Waals surface area contributed by atoms with Crippen molar-refractivity contribution in [1.82, 2.24) is 0 Å². The minimum Gasteiger partial charge on any atom is -0.394 e. The van der Waals surface area contributed by atoms with E-state index in [9.17, 15) is 9.90 Å². The second-order valence-corrected chi connectivity index (χ2v) is 3.81. The second-order valence-electron chi connectivity index (χ2n) is 3.81. The van der Waals surface area contributed by atoms with Crippen LogP contribution in [-0.4, -0.2) is 35.4 Å². The van der Waals surface area contributed by atoms with Crippen LogP contribution in [0, 0.1) is 0 Å². The third-order valence-electron chi connectivity index (χ3n) is 2.48. The second kappa shape index (κ2) is 4.51. The van der Waals surface area contributed by atoms with Crippen LogP contribution in [0.25, 0.3) is 0 Å². The van der Waals surface area contributed by atoms with Gasteiger partial charge in [-0.2, -0.15) is 0 Å². The van der Waals surface area contributed by atoms with Crippen molar-refractivity contribution in [1.29, 1.82) is 0 Å². The summed E-state index contributed by atoms with van der Waals surface area (Å²) >= 11 is 0. The average molecular weight is 222 g/mol. The molecular weight excluding hydrogens is 208 g/mol. The van der Waals surface area contributed by atoms with Crippen molar-refractivity contribution in [3.63, 3.8) is 0 Å². The third-order valence-corrected chi connectivity index (χ3v) is 2.48. The topological polar surface area (TPSA) is 81.6 Å². The highest BCUT2D eigenvalue weighted by Gasteiger charge is 2.17. The van der Waals surface area contributed by atoms with Crippen LogP contribution in [0.15, 0.2) is 18.2 Å². The summed E-state index contributed by atoms with van der Waals surface area (Å²) in [5.41, 5.74) is 2.63. The van der Waals surface area contributed by atoms with Crippen LogP contribution in [-0.2, 0) is 11.2 Å². The predicted molar refractivity (Wildman–Crippen MR) is 60.4 cm³/mol. The molecule has 0 bridgehead atoms. The van der Waals surface area contributed by atoms with Gasteiger partial charge in [-0.3, -0.25) is 4.79 Å². The van der Waals surface area contributed by atoms with E-state index >= 15 is 0 Å². The monoisotopic (exact) mass is 222 g/mol. The van der Waals surface area contributed by atoms with E-state index in [-0.39, 0.29) is 19.1 Å². The molecule has 0 saturated heterocycles. The van der Waals surface area contributed by atoms with Gasteiger partial charge in [0, 0.05) is 17.9 Å². The van der Waals surface area contributed by atoms with Crippen molar-refractivity contribution >= 4 is 17.3 Å². The van der Waals surface area contributed by atoms with E-state index in [0.29, 0.717) is 6.42 Å². The molecule has 16 heavy (non-hydrogen) atoms. The summed E-state index contributed by atoms with van der Waals surface area (Å²) in [6.07, 6.45) is -0.374. The Labute approximate surface area is 93.1 Å². The normalized spacial score (nSPS) is 15.5. The zero-order valence-corrected chi connectivity index (χ0v) is 8.73. The largest absolute Gasteiger partial charge is 0.394 e. The van der Waals surface area contributed by atoms with Crippen molar-refractivity contribution in [2.45, 2.75) is 12.5 Å². The zero-order valence-electron chi connectivity index (χ0n) is 8.73. The Morgan fingerprint density at radius 2 is 2.31 bits per heavy atom. The van der Waals surface area contributed by atoms with Crippen LogP contribution in [0.3, 0.4) is 0 Å². The number of hydrogen-bond donors (Lipinski definition) is 4. The van der Waals surface area contributed by atoms with Crippen LogP contribution in [0.1, 0.15) is 5.56 Å². The molecule has 0 saturated carbocycles. The summed E-state index contributed by atoms with van der Waals surface area (Å²) in [4.78, 5) is 11.1. The Balaban J connectivity index is 2.02. The molecule has 5 heteroatoms. The fourth-order valence-electron chi connectivity index (χ4n) is 1.64. The molecular formula is C11H14N2O3. The Morgan fingerprint density at radius 3 is 3.06 bits per heavy atom. The van der Waals surface area contributed by atoms with E-state index in [1.165, 1.54) is 0 Å². The Bertz CT molecular complexity index is 406. The number of aliphatic hydroxyl groups is 2. The fraction of sp³-hybridized carbons (Fsp3) is 0.364. The van der Waals surface area contributed by atoms with E-state index in [4.69, 9.17) is 5.11 Å².